The number of methoxy groups -OCH3 is 1. The van der Waals surface area contributed by atoms with Crippen LogP contribution in [0, 0.1) is 13.8 Å². The lowest BCUT2D eigenvalue weighted by Crippen LogP contribution is -2.48. The zero-order valence-corrected chi connectivity index (χ0v) is 15.0. The predicted molar refractivity (Wildman–Crippen MR) is 95.0 cm³/mol. The van der Waals surface area contributed by atoms with Crippen LogP contribution in [0.3, 0.4) is 0 Å². The van der Waals surface area contributed by atoms with E-state index >= 15 is 0 Å². The van der Waals surface area contributed by atoms with Crippen LogP contribution >= 0.6 is 0 Å². The summed E-state index contributed by atoms with van der Waals surface area (Å²) in [6, 6.07) is 5.23. The lowest BCUT2D eigenvalue weighted by molar-refractivity contribution is -0.136. The summed E-state index contributed by atoms with van der Waals surface area (Å²) in [5.74, 6) is -0.410. The van der Waals surface area contributed by atoms with Crippen LogP contribution in [0.1, 0.15) is 35.6 Å². The Morgan fingerprint density at radius 3 is 2.64 bits per heavy atom. The van der Waals surface area contributed by atoms with Gasteiger partial charge in [0.15, 0.2) is 0 Å². The van der Waals surface area contributed by atoms with Gasteiger partial charge in [0.1, 0.15) is 0 Å². The van der Waals surface area contributed by atoms with Crippen LogP contribution in [0.2, 0.25) is 0 Å². The van der Waals surface area contributed by atoms with Gasteiger partial charge in [-0.05, 0) is 50.9 Å². The van der Waals surface area contributed by atoms with Gasteiger partial charge in [-0.1, -0.05) is 23.8 Å². The molecule has 6 nitrogen and oxygen atoms in total. The summed E-state index contributed by atoms with van der Waals surface area (Å²) in [6.07, 6.45) is 2.29. The van der Waals surface area contributed by atoms with Gasteiger partial charge in [-0.3, -0.25) is 4.90 Å². The summed E-state index contributed by atoms with van der Waals surface area (Å²) in [5.41, 5.74) is 4.22. The van der Waals surface area contributed by atoms with Crippen LogP contribution in [-0.2, 0) is 9.53 Å². The van der Waals surface area contributed by atoms with Gasteiger partial charge in [-0.25, -0.2) is 9.59 Å². The van der Waals surface area contributed by atoms with Gasteiger partial charge >= 0.3 is 12.0 Å². The number of amides is 2. The molecule has 0 radical (unpaired) electrons. The second-order valence-electron chi connectivity index (χ2n) is 6.76. The second-order valence-corrected chi connectivity index (χ2v) is 6.76. The largest absolute Gasteiger partial charge is 0.466 e. The topological polar surface area (TPSA) is 70.7 Å². The van der Waals surface area contributed by atoms with E-state index in [1.165, 1.54) is 7.11 Å². The highest BCUT2D eigenvalue weighted by Crippen LogP contribution is 2.30. The Labute approximate surface area is 148 Å². The van der Waals surface area contributed by atoms with Crippen molar-refractivity contribution >= 4 is 12.0 Å². The molecule has 3 rings (SSSR count). The average Bonchev–Trinajstić information content (AvgIpc) is 3.06. The highest BCUT2D eigenvalue weighted by Gasteiger charge is 2.34. The van der Waals surface area contributed by atoms with Gasteiger partial charge in [-0.2, -0.15) is 0 Å². The fourth-order valence-corrected chi connectivity index (χ4v) is 3.64. The Morgan fingerprint density at radius 2 is 2.00 bits per heavy atom. The van der Waals surface area contributed by atoms with Crippen LogP contribution in [0.15, 0.2) is 29.5 Å². The van der Waals surface area contributed by atoms with Crippen LogP contribution in [0.5, 0.6) is 0 Å². The maximum atomic E-state index is 12.5. The number of benzene rings is 1. The minimum atomic E-state index is -0.501. The molecule has 2 aliphatic rings. The van der Waals surface area contributed by atoms with Crippen molar-refractivity contribution in [2.75, 3.05) is 26.7 Å². The van der Waals surface area contributed by atoms with E-state index in [-0.39, 0.29) is 6.03 Å². The van der Waals surface area contributed by atoms with E-state index in [4.69, 9.17) is 4.74 Å². The summed E-state index contributed by atoms with van der Waals surface area (Å²) in [6.45, 7) is 6.53. The summed E-state index contributed by atoms with van der Waals surface area (Å²) < 4.78 is 5.03. The molecule has 25 heavy (non-hydrogen) atoms. The van der Waals surface area contributed by atoms with E-state index in [2.05, 4.69) is 21.6 Å². The summed E-state index contributed by atoms with van der Waals surface area (Å²) in [5, 5.41) is 5.71. The molecule has 1 aromatic rings. The fraction of sp³-hybridized carbons (Fsp3) is 0.474. The van der Waals surface area contributed by atoms with Crippen molar-refractivity contribution < 1.29 is 14.3 Å². The third kappa shape index (κ3) is 3.69. The number of carbonyl (C=O) groups is 2. The molecule has 1 saturated heterocycles. The number of aryl methyl sites for hydroxylation is 2. The van der Waals surface area contributed by atoms with Crippen LogP contribution < -0.4 is 10.6 Å². The first-order valence-electron chi connectivity index (χ1n) is 8.68. The predicted octanol–water partition coefficient (Wildman–Crippen LogP) is 2.18. The van der Waals surface area contributed by atoms with Gasteiger partial charge in [0.25, 0.3) is 0 Å². The van der Waals surface area contributed by atoms with Crippen LogP contribution in [-0.4, -0.2) is 43.6 Å². The first-order chi connectivity index (χ1) is 12.0. The quantitative estimate of drug-likeness (QED) is 0.822. The zero-order chi connectivity index (χ0) is 18.0. The van der Waals surface area contributed by atoms with Crippen LogP contribution in [0.25, 0.3) is 0 Å². The SMILES string of the molecule is COC(=O)C1=C(CN2CCCC2)NC(=O)NC1c1ccc(C)cc1C. The molecule has 0 aromatic heterocycles. The molecule has 2 heterocycles. The van der Waals surface area contributed by atoms with E-state index in [0.717, 1.165) is 42.6 Å². The van der Waals surface area contributed by atoms with Crippen molar-refractivity contribution in [3.8, 4) is 0 Å². The lowest BCUT2D eigenvalue weighted by Gasteiger charge is -2.31. The van der Waals surface area contributed by atoms with Crippen molar-refractivity contribution in [1.29, 1.82) is 0 Å². The van der Waals surface area contributed by atoms with E-state index in [1.54, 1.807) is 0 Å². The third-order valence-electron chi connectivity index (χ3n) is 4.88. The number of nitrogens with one attached hydrogen (secondary N) is 2. The first-order valence-corrected chi connectivity index (χ1v) is 8.68. The fourth-order valence-electron chi connectivity index (χ4n) is 3.64. The molecule has 134 valence electrons. The number of ether oxygens (including phenoxy) is 1. The highest BCUT2D eigenvalue weighted by molar-refractivity contribution is 5.95. The monoisotopic (exact) mass is 343 g/mol. The molecule has 6 heteroatoms. The number of esters is 1. The van der Waals surface area contributed by atoms with Gasteiger partial charge < -0.3 is 15.4 Å². The number of rotatable bonds is 4. The molecule has 0 bridgehead atoms. The van der Waals surface area contributed by atoms with Crippen molar-refractivity contribution in [3.05, 3.63) is 46.2 Å². The number of carbonyl (C=O) groups excluding carboxylic acids is 2. The Balaban J connectivity index is 2.04. The van der Waals surface area contributed by atoms with Crippen molar-refractivity contribution in [1.82, 2.24) is 15.5 Å². The molecule has 1 atom stereocenters. The smallest absolute Gasteiger partial charge is 0.338 e. The number of urea groups is 1. The van der Waals surface area contributed by atoms with Crippen molar-refractivity contribution in [2.45, 2.75) is 32.7 Å². The summed E-state index contributed by atoms with van der Waals surface area (Å²) in [7, 11) is 1.37. The summed E-state index contributed by atoms with van der Waals surface area (Å²) in [4.78, 5) is 27.0. The van der Waals surface area contributed by atoms with Gasteiger partial charge in [-0.15, -0.1) is 0 Å². The number of likely N-dealkylation sites (tertiary alicyclic amines) is 1. The lowest BCUT2D eigenvalue weighted by atomic mass is 9.91. The van der Waals surface area contributed by atoms with E-state index in [1.807, 2.05) is 26.0 Å². The minimum absolute atomic E-state index is 0.285. The Kier molecular flexibility index (Phi) is 5.08. The molecule has 0 aliphatic carbocycles. The Bertz CT molecular complexity index is 721. The second kappa shape index (κ2) is 7.27. The maximum absolute atomic E-state index is 12.5. The molecule has 2 N–H and O–H groups in total. The molecular formula is C19H25N3O3. The van der Waals surface area contributed by atoms with Crippen molar-refractivity contribution in [2.24, 2.45) is 0 Å². The molecule has 1 fully saturated rings. The highest BCUT2D eigenvalue weighted by atomic mass is 16.5. The summed E-state index contributed by atoms with van der Waals surface area (Å²) >= 11 is 0. The van der Waals surface area contributed by atoms with Gasteiger partial charge in [0, 0.05) is 12.2 Å². The van der Waals surface area contributed by atoms with E-state index < -0.39 is 12.0 Å². The number of hydrogen-bond donors (Lipinski definition) is 2. The molecule has 0 spiro atoms. The van der Waals surface area contributed by atoms with Crippen LogP contribution in [0.4, 0.5) is 4.79 Å². The standard InChI is InChI=1S/C19H25N3O3/c1-12-6-7-14(13(2)10-12)17-16(18(23)25-3)15(20-19(24)21-17)11-22-8-4-5-9-22/h6-7,10,17H,4-5,8-9,11H2,1-3H3,(H2,20,21,24). The minimum Gasteiger partial charge on any atom is -0.466 e. The van der Waals surface area contributed by atoms with E-state index in [9.17, 15) is 9.59 Å². The first kappa shape index (κ1) is 17.5. The third-order valence-corrected chi connectivity index (χ3v) is 4.88. The number of hydrogen-bond acceptors (Lipinski definition) is 4. The maximum Gasteiger partial charge on any atom is 0.338 e. The zero-order valence-electron chi connectivity index (χ0n) is 15.0. The molecule has 2 aliphatic heterocycles. The molecule has 0 saturated carbocycles. The van der Waals surface area contributed by atoms with Gasteiger partial charge in [0.2, 0.25) is 0 Å². The Hall–Kier alpha value is -2.34. The van der Waals surface area contributed by atoms with E-state index in [0.29, 0.717) is 17.8 Å². The molecule has 1 unspecified atom stereocenters. The van der Waals surface area contributed by atoms with Gasteiger partial charge in [0.05, 0.1) is 18.7 Å². The molecular weight excluding hydrogens is 318 g/mol. The molecule has 1 aromatic carbocycles. The normalized spacial score (nSPS) is 21.1. The number of nitrogens with zero attached hydrogens (tertiary/aromatic N) is 1. The Morgan fingerprint density at radius 1 is 1.28 bits per heavy atom. The molecule has 2 amide bonds. The average molecular weight is 343 g/mol. The van der Waals surface area contributed by atoms with Crippen molar-refractivity contribution in [3.63, 3.8) is 0 Å².